The second kappa shape index (κ2) is 27.3. The lowest BCUT2D eigenvalue weighted by molar-refractivity contribution is 0.0839. The molecule has 20 nitrogen and oxygen atoms in total. The van der Waals surface area contributed by atoms with Crippen molar-refractivity contribution in [1.29, 1.82) is 0 Å². The summed E-state index contributed by atoms with van der Waals surface area (Å²) in [6.07, 6.45) is -0.862. The first-order chi connectivity index (χ1) is 41.1. The van der Waals surface area contributed by atoms with Crippen LogP contribution in [0.5, 0.6) is 0 Å². The number of nitrogens with two attached hydrogens (primary N) is 4. The molecule has 0 saturated carbocycles. The number of anilines is 4. The van der Waals surface area contributed by atoms with Crippen LogP contribution in [0.25, 0.3) is 43.1 Å². The number of nitrogens with zero attached hydrogens (tertiary/aromatic N) is 4. The molecule has 1 saturated heterocycles. The molecule has 0 bridgehead atoms. The van der Waals surface area contributed by atoms with E-state index in [4.69, 9.17) is 22.9 Å². The number of rotatable bonds is 20. The predicted octanol–water partition coefficient (Wildman–Crippen LogP) is 7.79. The molecule has 1 fully saturated rings. The third kappa shape index (κ3) is 14.1. The number of nitrogens with one attached hydrogen (secondary N) is 4. The molecule has 1 aliphatic rings. The summed E-state index contributed by atoms with van der Waals surface area (Å²) in [5.74, 6) is 0. The molecule has 9 rings (SSSR count). The van der Waals surface area contributed by atoms with E-state index >= 15 is 0 Å². The van der Waals surface area contributed by atoms with E-state index in [1.807, 2.05) is 27.7 Å². The van der Waals surface area contributed by atoms with E-state index in [1.54, 1.807) is 146 Å². The molecule has 4 atom stereocenters. The van der Waals surface area contributed by atoms with Crippen LogP contribution in [0.2, 0.25) is 0 Å². The molecule has 8 aromatic carbocycles. The lowest BCUT2D eigenvalue weighted by atomic mass is 10.1. The van der Waals surface area contributed by atoms with E-state index in [2.05, 4.69) is 38.5 Å². The first-order valence-electron chi connectivity index (χ1n) is 29.3. The van der Waals surface area contributed by atoms with Crippen LogP contribution < -0.4 is 41.8 Å². The molecule has 8 aromatic rings. The number of nitrogen functional groups attached to an aromatic ring is 4. The zero-order valence-electron chi connectivity index (χ0n) is 49.1. The molecule has 0 aliphatic carbocycles. The van der Waals surface area contributed by atoms with Gasteiger partial charge in [-0.25, -0.2) is 33.7 Å². The zero-order chi connectivity index (χ0) is 61.6. The molecule has 460 valence electrons. The third-order valence-corrected chi connectivity index (χ3v) is 22.5. The summed E-state index contributed by atoms with van der Waals surface area (Å²) in [7, 11) is -16.8. The lowest BCUT2D eigenvalue weighted by Gasteiger charge is -2.40. The number of hydrogen-bond acceptors (Lipinski definition) is 16. The molecule has 0 radical (unpaired) electrons. The highest BCUT2D eigenvalue weighted by atomic mass is 32.2. The predicted molar refractivity (Wildman–Crippen MR) is 347 cm³/mol. The van der Waals surface area contributed by atoms with Crippen LogP contribution in [0, 0.1) is 0 Å². The van der Waals surface area contributed by atoms with Crippen LogP contribution in [-0.2, 0) is 40.1 Å². The molecule has 12 N–H and O–H groups in total. The van der Waals surface area contributed by atoms with Gasteiger partial charge in [0.15, 0.2) is 0 Å². The van der Waals surface area contributed by atoms with E-state index in [0.29, 0.717) is 131 Å². The van der Waals surface area contributed by atoms with Crippen LogP contribution in [0.3, 0.4) is 0 Å². The van der Waals surface area contributed by atoms with Gasteiger partial charge in [0, 0.05) is 118 Å². The van der Waals surface area contributed by atoms with Crippen LogP contribution in [-0.4, -0.2) is 130 Å². The monoisotopic (exact) mass is 1250 g/mol. The van der Waals surface area contributed by atoms with Crippen LogP contribution in [0.1, 0.15) is 66.2 Å². The molecule has 0 spiro atoms. The van der Waals surface area contributed by atoms with E-state index in [9.17, 15) is 33.7 Å². The highest BCUT2D eigenvalue weighted by molar-refractivity contribution is 7.90. The van der Waals surface area contributed by atoms with Crippen LogP contribution in [0.15, 0.2) is 165 Å². The fourth-order valence-electron chi connectivity index (χ4n) is 12.0. The molecule has 24 heteroatoms. The van der Waals surface area contributed by atoms with E-state index in [-0.39, 0.29) is 45.8 Å². The molecular formula is C62H80N12O8S4. The highest BCUT2D eigenvalue weighted by Crippen LogP contribution is 2.32. The average molecular weight is 1250 g/mol. The minimum atomic E-state index is -4.21. The molecule has 86 heavy (non-hydrogen) atoms. The van der Waals surface area contributed by atoms with Crippen molar-refractivity contribution in [2.75, 3.05) is 75.3 Å². The fourth-order valence-corrected chi connectivity index (χ4v) is 18.1. The van der Waals surface area contributed by atoms with Crippen molar-refractivity contribution >= 4 is 106 Å². The second-order valence-electron chi connectivity index (χ2n) is 21.8. The summed E-state index contributed by atoms with van der Waals surface area (Å²) in [5.41, 5.74) is 27.1. The Kier molecular flexibility index (Phi) is 20.3. The van der Waals surface area contributed by atoms with Gasteiger partial charge in [0.05, 0.1) is 44.2 Å². The minimum absolute atomic E-state index is 0.0669. The van der Waals surface area contributed by atoms with E-state index in [1.165, 1.54) is 0 Å². The maximum absolute atomic E-state index is 14.7. The largest absolute Gasteiger partial charge is 0.398 e. The normalized spacial score (nSPS) is 17.2. The van der Waals surface area contributed by atoms with Gasteiger partial charge in [-0.05, 0) is 87.1 Å². The lowest BCUT2D eigenvalue weighted by Crippen LogP contribution is -2.56. The van der Waals surface area contributed by atoms with Gasteiger partial charge in [-0.15, -0.1) is 0 Å². The van der Waals surface area contributed by atoms with E-state index < -0.39 is 64.8 Å². The molecule has 0 amide bonds. The fraction of sp³-hybridized carbons (Fsp3) is 0.355. The SMILES string of the molecule is CCC(NS(=O)(=O)c1cccc2c(N)cccc12)N1CCCN(C(CC)NS(=O)(=O)c2cccc3c(N)cccc23)CCN(C(CC)NS(=O)(=O)c2cccc3c(N)cccc23)CCCN(C(CC)NS(=O)(=O)c2cccc3c(N)cccc23)CC1. The second-order valence-corrected chi connectivity index (χ2v) is 28.6. The smallest absolute Gasteiger partial charge is 0.242 e. The number of fused-ring (bicyclic) bond motifs is 4. The van der Waals surface area contributed by atoms with Gasteiger partial charge >= 0.3 is 0 Å². The van der Waals surface area contributed by atoms with Gasteiger partial charge in [0.25, 0.3) is 0 Å². The van der Waals surface area contributed by atoms with Crippen molar-refractivity contribution in [3.05, 3.63) is 146 Å². The first kappa shape index (κ1) is 64.0. The summed E-state index contributed by atoms with van der Waals surface area (Å²) in [6, 6.07) is 40.6. The van der Waals surface area contributed by atoms with Gasteiger partial charge in [-0.1, -0.05) is 125 Å². The van der Waals surface area contributed by atoms with Crippen molar-refractivity contribution in [2.24, 2.45) is 0 Å². The zero-order valence-corrected chi connectivity index (χ0v) is 52.3. The van der Waals surface area contributed by atoms with Gasteiger partial charge in [-0.3, -0.25) is 19.6 Å². The Morgan fingerprint density at radius 3 is 0.686 bits per heavy atom. The standard InChI is InChI=1S/C62H80N12O8S4/c1-5-59(67-83(75,76)55-31-13-19-43-47(55)23-9-27-51(43)63)71-35-17-36-73(61(7-3)69-85(79,80)57-33-15-21-45-49(57)25-11-29-53(45)65)41-42-74(62(8-4)70-86(81,82)58-34-16-22-46-50(58)26-12-30-54(46)66)38-18-37-72(40-39-71)60(6-2)68-84(77,78)56-32-14-20-44-48(56)24-10-28-52(44)64/h9-16,19-34,59-62,67-70H,5-8,17-18,35-42,63-66H2,1-4H3. The van der Waals surface area contributed by atoms with Crippen molar-refractivity contribution in [1.82, 2.24) is 38.5 Å². The Hall–Kier alpha value is -6.52. The Labute approximate surface area is 506 Å². The van der Waals surface area contributed by atoms with Gasteiger partial charge in [0.2, 0.25) is 40.1 Å². The molecule has 1 aliphatic heterocycles. The maximum Gasteiger partial charge on any atom is 0.242 e. The van der Waals surface area contributed by atoms with Crippen LogP contribution >= 0.6 is 0 Å². The Bertz CT molecular complexity index is 3660. The third-order valence-electron chi connectivity index (χ3n) is 16.4. The Morgan fingerprint density at radius 1 is 0.302 bits per heavy atom. The van der Waals surface area contributed by atoms with Crippen LogP contribution in [0.4, 0.5) is 22.7 Å². The molecule has 0 aromatic heterocycles. The first-order valence-corrected chi connectivity index (χ1v) is 35.2. The molecule has 1 heterocycles. The van der Waals surface area contributed by atoms with Gasteiger partial charge in [0.1, 0.15) is 0 Å². The Morgan fingerprint density at radius 2 is 0.488 bits per heavy atom. The quantitative estimate of drug-likeness (QED) is 0.0338. The summed E-state index contributed by atoms with van der Waals surface area (Å²) < 4.78 is 130. The summed E-state index contributed by atoms with van der Waals surface area (Å²) >= 11 is 0. The van der Waals surface area contributed by atoms with Gasteiger partial charge < -0.3 is 22.9 Å². The highest BCUT2D eigenvalue weighted by Gasteiger charge is 2.33. The van der Waals surface area contributed by atoms with E-state index in [0.717, 1.165) is 0 Å². The molecular weight excluding hydrogens is 1170 g/mol. The number of hydrogen-bond donors (Lipinski definition) is 8. The summed E-state index contributed by atoms with van der Waals surface area (Å²) in [4.78, 5) is 8.50. The molecule has 4 unspecified atom stereocenters. The number of benzene rings is 8. The van der Waals surface area contributed by atoms with Crippen molar-refractivity contribution < 1.29 is 33.7 Å². The Balaban J connectivity index is 1.09. The number of sulfonamides is 4. The average Bonchev–Trinajstić information content (AvgIpc) is 1.49. The summed E-state index contributed by atoms with van der Waals surface area (Å²) in [5, 5.41) is 4.26. The van der Waals surface area contributed by atoms with Gasteiger partial charge in [-0.2, -0.15) is 18.9 Å². The maximum atomic E-state index is 14.7. The topological polar surface area (TPSA) is 302 Å². The van der Waals surface area contributed by atoms with Crippen molar-refractivity contribution in [3.8, 4) is 0 Å². The van der Waals surface area contributed by atoms with Crippen molar-refractivity contribution in [3.63, 3.8) is 0 Å². The summed E-state index contributed by atoms with van der Waals surface area (Å²) in [6.45, 7) is 9.90. The minimum Gasteiger partial charge on any atom is -0.398 e. The van der Waals surface area contributed by atoms with Crippen molar-refractivity contribution in [2.45, 2.75) is 110 Å².